The van der Waals surface area contributed by atoms with Crippen molar-refractivity contribution >= 4 is 0 Å². The summed E-state index contributed by atoms with van der Waals surface area (Å²) in [6.07, 6.45) is 7.85. The second-order valence-electron chi connectivity index (χ2n) is 6.79. The summed E-state index contributed by atoms with van der Waals surface area (Å²) in [5.74, 6) is 0.859. The lowest BCUT2D eigenvalue weighted by atomic mass is 9.89. The Kier molecular flexibility index (Phi) is 7.33. The minimum absolute atomic E-state index is 0.193. The SMILES string of the molecule is CCCCCC(C)(CN)N(C)CC1CCN(C)CC1. The number of unbranched alkanes of at least 4 members (excludes halogenated alkanes) is 2. The van der Waals surface area contributed by atoms with E-state index in [2.05, 4.69) is 37.7 Å². The van der Waals surface area contributed by atoms with E-state index in [1.807, 2.05) is 0 Å². The van der Waals surface area contributed by atoms with Gasteiger partial charge in [0.05, 0.1) is 0 Å². The van der Waals surface area contributed by atoms with E-state index in [1.54, 1.807) is 0 Å². The van der Waals surface area contributed by atoms with E-state index in [9.17, 15) is 0 Å². The molecule has 0 aromatic rings. The molecule has 114 valence electrons. The van der Waals surface area contributed by atoms with E-state index in [4.69, 9.17) is 5.73 Å². The van der Waals surface area contributed by atoms with E-state index in [0.29, 0.717) is 0 Å². The molecule has 1 atom stereocenters. The van der Waals surface area contributed by atoms with Gasteiger partial charge in [-0.2, -0.15) is 0 Å². The van der Waals surface area contributed by atoms with Crippen LogP contribution in [0.5, 0.6) is 0 Å². The van der Waals surface area contributed by atoms with Crippen molar-refractivity contribution in [3.05, 3.63) is 0 Å². The molecule has 0 aromatic heterocycles. The van der Waals surface area contributed by atoms with Crippen LogP contribution in [0.4, 0.5) is 0 Å². The third-order valence-corrected chi connectivity index (χ3v) is 5.05. The fraction of sp³-hybridized carbons (Fsp3) is 1.00. The Balaban J connectivity index is 2.41. The Hall–Kier alpha value is -0.120. The summed E-state index contributed by atoms with van der Waals surface area (Å²) < 4.78 is 0. The smallest absolute Gasteiger partial charge is 0.0300 e. The Labute approximate surface area is 120 Å². The molecule has 0 saturated carbocycles. The molecule has 1 fully saturated rings. The molecule has 0 aliphatic carbocycles. The molecular weight excluding hydrogens is 234 g/mol. The normalized spacial score (nSPS) is 21.8. The van der Waals surface area contributed by atoms with E-state index in [0.717, 1.165) is 12.5 Å². The first-order chi connectivity index (χ1) is 9.01. The molecule has 0 radical (unpaired) electrons. The highest BCUT2D eigenvalue weighted by molar-refractivity contribution is 4.87. The van der Waals surface area contributed by atoms with Crippen LogP contribution in [0.15, 0.2) is 0 Å². The first kappa shape index (κ1) is 16.9. The lowest BCUT2D eigenvalue weighted by Gasteiger charge is -2.41. The Bertz CT molecular complexity index is 236. The minimum Gasteiger partial charge on any atom is -0.329 e. The van der Waals surface area contributed by atoms with E-state index < -0.39 is 0 Å². The molecule has 1 saturated heterocycles. The fourth-order valence-electron chi connectivity index (χ4n) is 3.06. The van der Waals surface area contributed by atoms with Crippen molar-refractivity contribution in [1.82, 2.24) is 9.80 Å². The maximum Gasteiger partial charge on any atom is 0.0300 e. The van der Waals surface area contributed by atoms with Gasteiger partial charge in [-0.3, -0.25) is 4.90 Å². The van der Waals surface area contributed by atoms with E-state index in [1.165, 1.54) is 58.2 Å². The molecule has 3 nitrogen and oxygen atoms in total. The quantitative estimate of drug-likeness (QED) is 0.687. The van der Waals surface area contributed by atoms with Crippen LogP contribution in [0, 0.1) is 5.92 Å². The van der Waals surface area contributed by atoms with Crippen LogP contribution in [0.25, 0.3) is 0 Å². The molecule has 1 rings (SSSR count). The van der Waals surface area contributed by atoms with Crippen molar-refractivity contribution in [3.8, 4) is 0 Å². The number of rotatable bonds is 8. The van der Waals surface area contributed by atoms with Crippen molar-refractivity contribution in [2.45, 2.75) is 57.9 Å². The van der Waals surface area contributed by atoms with Gasteiger partial charge >= 0.3 is 0 Å². The molecule has 0 amide bonds. The number of nitrogens with two attached hydrogens (primary N) is 1. The second kappa shape index (κ2) is 8.23. The van der Waals surface area contributed by atoms with Gasteiger partial charge < -0.3 is 10.6 Å². The molecule has 1 aliphatic rings. The largest absolute Gasteiger partial charge is 0.329 e. The van der Waals surface area contributed by atoms with Gasteiger partial charge in [-0.25, -0.2) is 0 Å². The van der Waals surface area contributed by atoms with Gasteiger partial charge in [0.15, 0.2) is 0 Å². The summed E-state index contributed by atoms with van der Waals surface area (Å²) >= 11 is 0. The van der Waals surface area contributed by atoms with Crippen molar-refractivity contribution in [1.29, 1.82) is 0 Å². The Morgan fingerprint density at radius 3 is 2.42 bits per heavy atom. The zero-order chi connectivity index (χ0) is 14.3. The molecule has 1 unspecified atom stereocenters. The lowest BCUT2D eigenvalue weighted by Crippen LogP contribution is -2.52. The van der Waals surface area contributed by atoms with Gasteiger partial charge in [0, 0.05) is 18.6 Å². The number of nitrogens with zero attached hydrogens (tertiary/aromatic N) is 2. The molecular formula is C16H35N3. The maximum absolute atomic E-state index is 6.07. The monoisotopic (exact) mass is 269 g/mol. The molecule has 3 heteroatoms. The van der Waals surface area contributed by atoms with E-state index in [-0.39, 0.29) is 5.54 Å². The van der Waals surface area contributed by atoms with Crippen LogP contribution in [-0.2, 0) is 0 Å². The molecule has 2 N–H and O–H groups in total. The van der Waals surface area contributed by atoms with Crippen LogP contribution < -0.4 is 5.73 Å². The molecule has 0 bridgehead atoms. The predicted octanol–water partition coefficient (Wildman–Crippen LogP) is 2.56. The summed E-state index contributed by atoms with van der Waals surface area (Å²) in [7, 11) is 4.51. The van der Waals surface area contributed by atoms with Gasteiger partial charge in [0.1, 0.15) is 0 Å². The van der Waals surface area contributed by atoms with Gasteiger partial charge in [0.2, 0.25) is 0 Å². The number of likely N-dealkylation sites (N-methyl/N-ethyl adjacent to an activating group) is 1. The van der Waals surface area contributed by atoms with Gasteiger partial charge in [-0.15, -0.1) is 0 Å². The molecule has 1 heterocycles. The topological polar surface area (TPSA) is 32.5 Å². The highest BCUT2D eigenvalue weighted by Crippen LogP contribution is 2.24. The highest BCUT2D eigenvalue weighted by Gasteiger charge is 2.29. The zero-order valence-corrected chi connectivity index (χ0v) is 13.6. The zero-order valence-electron chi connectivity index (χ0n) is 13.6. The average Bonchev–Trinajstić information content (AvgIpc) is 2.41. The van der Waals surface area contributed by atoms with Crippen LogP contribution in [0.3, 0.4) is 0 Å². The molecule has 0 aromatic carbocycles. The summed E-state index contributed by atoms with van der Waals surface area (Å²) in [6.45, 7) is 9.12. The first-order valence-corrected chi connectivity index (χ1v) is 8.11. The van der Waals surface area contributed by atoms with Crippen molar-refractivity contribution in [2.24, 2.45) is 11.7 Å². The first-order valence-electron chi connectivity index (χ1n) is 8.11. The van der Waals surface area contributed by atoms with Crippen molar-refractivity contribution < 1.29 is 0 Å². The van der Waals surface area contributed by atoms with E-state index >= 15 is 0 Å². The summed E-state index contributed by atoms with van der Waals surface area (Å²) in [4.78, 5) is 4.98. The van der Waals surface area contributed by atoms with Gasteiger partial charge in [-0.1, -0.05) is 26.2 Å². The predicted molar refractivity (Wildman–Crippen MR) is 84.5 cm³/mol. The number of hydrogen-bond acceptors (Lipinski definition) is 3. The van der Waals surface area contributed by atoms with Crippen molar-refractivity contribution in [2.75, 3.05) is 40.3 Å². The molecule has 19 heavy (non-hydrogen) atoms. The maximum atomic E-state index is 6.07. The van der Waals surface area contributed by atoms with Gasteiger partial charge in [-0.05, 0) is 59.3 Å². The third kappa shape index (κ3) is 5.41. The standard InChI is InChI=1S/C16H35N3/c1-5-6-7-10-16(2,14-17)19(4)13-15-8-11-18(3)12-9-15/h15H,5-14,17H2,1-4H3. The summed E-state index contributed by atoms with van der Waals surface area (Å²) in [5.41, 5.74) is 6.26. The number of hydrogen-bond donors (Lipinski definition) is 1. The fourth-order valence-corrected chi connectivity index (χ4v) is 3.06. The Morgan fingerprint density at radius 1 is 1.26 bits per heavy atom. The molecule has 1 aliphatic heterocycles. The molecule has 0 spiro atoms. The lowest BCUT2D eigenvalue weighted by molar-refractivity contribution is 0.0892. The highest BCUT2D eigenvalue weighted by atomic mass is 15.2. The number of likely N-dealkylation sites (tertiary alicyclic amines) is 1. The van der Waals surface area contributed by atoms with Gasteiger partial charge in [0.25, 0.3) is 0 Å². The average molecular weight is 269 g/mol. The minimum atomic E-state index is 0.193. The third-order valence-electron chi connectivity index (χ3n) is 5.05. The van der Waals surface area contributed by atoms with Crippen LogP contribution >= 0.6 is 0 Å². The second-order valence-corrected chi connectivity index (χ2v) is 6.79. The van der Waals surface area contributed by atoms with Crippen LogP contribution in [-0.4, -0.2) is 55.6 Å². The van der Waals surface area contributed by atoms with Crippen LogP contribution in [0.2, 0.25) is 0 Å². The number of piperidine rings is 1. The summed E-state index contributed by atoms with van der Waals surface area (Å²) in [6, 6.07) is 0. The van der Waals surface area contributed by atoms with Crippen molar-refractivity contribution in [3.63, 3.8) is 0 Å². The Morgan fingerprint density at radius 2 is 1.89 bits per heavy atom. The summed E-state index contributed by atoms with van der Waals surface area (Å²) in [5, 5.41) is 0. The van der Waals surface area contributed by atoms with Crippen LogP contribution in [0.1, 0.15) is 52.4 Å².